The minimum atomic E-state index is -4.39. The number of alkyl halides is 3. The fourth-order valence-corrected chi connectivity index (χ4v) is 2.94. The van der Waals surface area contributed by atoms with Crippen molar-refractivity contribution in [2.75, 3.05) is 6.61 Å². The van der Waals surface area contributed by atoms with Crippen LogP contribution in [0.1, 0.15) is 35.9 Å². The number of aryl methyl sites for hydroxylation is 1. The first-order valence-corrected chi connectivity index (χ1v) is 7.77. The standard InChI is InChI=1S/C16H19F3N4O/c1-23-10-20-9-14(23)15-7-11(4-6-24-15)22-8-13-12(16(17,18)19)3-2-5-21-13/h2-3,5,9-11,15,22H,4,6-8H2,1H3/t11-,15+/m0/s1. The number of nitrogens with one attached hydrogen (secondary N) is 1. The second kappa shape index (κ2) is 6.90. The van der Waals surface area contributed by atoms with E-state index in [4.69, 9.17) is 4.74 Å². The Morgan fingerprint density at radius 1 is 1.42 bits per heavy atom. The lowest BCUT2D eigenvalue weighted by Gasteiger charge is -2.30. The molecular weight excluding hydrogens is 321 g/mol. The van der Waals surface area contributed by atoms with Crippen molar-refractivity contribution in [3.63, 3.8) is 0 Å². The maximum atomic E-state index is 13.0. The number of aromatic nitrogens is 3. The zero-order valence-electron chi connectivity index (χ0n) is 13.3. The summed E-state index contributed by atoms with van der Waals surface area (Å²) in [5.74, 6) is 0. The molecule has 0 saturated carbocycles. The van der Waals surface area contributed by atoms with Crippen LogP contribution in [0.3, 0.4) is 0 Å². The Hall–Kier alpha value is -1.93. The van der Waals surface area contributed by atoms with Crippen molar-refractivity contribution < 1.29 is 17.9 Å². The summed E-state index contributed by atoms with van der Waals surface area (Å²) >= 11 is 0. The molecule has 1 aliphatic heterocycles. The molecule has 0 aliphatic carbocycles. The first kappa shape index (κ1) is 16.9. The molecule has 3 heterocycles. The highest BCUT2D eigenvalue weighted by molar-refractivity contribution is 5.23. The van der Waals surface area contributed by atoms with E-state index in [1.54, 1.807) is 12.5 Å². The average molecular weight is 340 g/mol. The van der Waals surface area contributed by atoms with Crippen molar-refractivity contribution in [2.24, 2.45) is 7.05 Å². The predicted molar refractivity (Wildman–Crippen MR) is 81.0 cm³/mol. The van der Waals surface area contributed by atoms with Gasteiger partial charge in [0.05, 0.1) is 29.5 Å². The molecule has 8 heteroatoms. The van der Waals surface area contributed by atoms with Gasteiger partial charge in [-0.3, -0.25) is 4.98 Å². The van der Waals surface area contributed by atoms with Gasteiger partial charge in [-0.15, -0.1) is 0 Å². The molecule has 2 aromatic heterocycles. The number of hydrogen-bond donors (Lipinski definition) is 1. The summed E-state index contributed by atoms with van der Waals surface area (Å²) < 4.78 is 46.7. The molecule has 0 aromatic carbocycles. The quantitative estimate of drug-likeness (QED) is 0.930. The number of pyridine rings is 1. The van der Waals surface area contributed by atoms with E-state index in [2.05, 4.69) is 15.3 Å². The van der Waals surface area contributed by atoms with E-state index < -0.39 is 11.7 Å². The molecule has 0 unspecified atom stereocenters. The van der Waals surface area contributed by atoms with Crippen LogP contribution in [0.15, 0.2) is 30.9 Å². The first-order chi connectivity index (χ1) is 11.4. The van der Waals surface area contributed by atoms with Crippen molar-refractivity contribution in [3.05, 3.63) is 47.8 Å². The van der Waals surface area contributed by atoms with Gasteiger partial charge in [-0.1, -0.05) is 0 Å². The number of hydrogen-bond acceptors (Lipinski definition) is 4. The zero-order valence-corrected chi connectivity index (χ0v) is 13.3. The van der Waals surface area contributed by atoms with Crippen LogP contribution in [0, 0.1) is 0 Å². The maximum absolute atomic E-state index is 13.0. The number of ether oxygens (including phenoxy) is 1. The third-order valence-corrected chi connectivity index (χ3v) is 4.22. The van der Waals surface area contributed by atoms with Gasteiger partial charge < -0.3 is 14.6 Å². The van der Waals surface area contributed by atoms with Gasteiger partial charge in [0.1, 0.15) is 6.10 Å². The van der Waals surface area contributed by atoms with E-state index in [-0.39, 0.29) is 24.4 Å². The summed E-state index contributed by atoms with van der Waals surface area (Å²) in [4.78, 5) is 7.97. The van der Waals surface area contributed by atoms with Crippen LogP contribution in [0.5, 0.6) is 0 Å². The molecule has 24 heavy (non-hydrogen) atoms. The Balaban J connectivity index is 1.64. The second-order valence-corrected chi connectivity index (χ2v) is 5.89. The van der Waals surface area contributed by atoms with Gasteiger partial charge in [0.2, 0.25) is 0 Å². The van der Waals surface area contributed by atoms with Crippen molar-refractivity contribution in [1.82, 2.24) is 19.9 Å². The Morgan fingerprint density at radius 2 is 2.25 bits per heavy atom. The normalized spacial score (nSPS) is 21.8. The largest absolute Gasteiger partial charge is 0.418 e. The van der Waals surface area contributed by atoms with Gasteiger partial charge in [0.15, 0.2) is 0 Å². The van der Waals surface area contributed by atoms with E-state index in [1.807, 2.05) is 11.6 Å². The Labute approximate surface area is 137 Å². The van der Waals surface area contributed by atoms with Crippen molar-refractivity contribution in [1.29, 1.82) is 0 Å². The smallest absolute Gasteiger partial charge is 0.372 e. The van der Waals surface area contributed by atoms with Crippen molar-refractivity contribution in [3.8, 4) is 0 Å². The molecule has 2 aromatic rings. The summed E-state index contributed by atoms with van der Waals surface area (Å²) in [5, 5.41) is 3.19. The molecule has 1 N–H and O–H groups in total. The van der Waals surface area contributed by atoms with Crippen molar-refractivity contribution in [2.45, 2.75) is 37.7 Å². The van der Waals surface area contributed by atoms with Gasteiger partial charge >= 0.3 is 6.18 Å². The van der Waals surface area contributed by atoms with Gasteiger partial charge in [0.25, 0.3) is 0 Å². The zero-order chi connectivity index (χ0) is 17.2. The third kappa shape index (κ3) is 3.76. The molecule has 3 rings (SSSR count). The molecule has 2 atom stereocenters. The van der Waals surface area contributed by atoms with Crippen LogP contribution in [-0.2, 0) is 24.5 Å². The molecule has 1 fully saturated rings. The van der Waals surface area contributed by atoms with E-state index in [0.29, 0.717) is 13.0 Å². The molecule has 1 saturated heterocycles. The van der Waals surface area contributed by atoms with Crippen molar-refractivity contribution >= 4 is 0 Å². The molecule has 0 amide bonds. The van der Waals surface area contributed by atoms with Crippen LogP contribution < -0.4 is 5.32 Å². The lowest BCUT2D eigenvalue weighted by Crippen LogP contribution is -2.36. The molecule has 0 radical (unpaired) electrons. The average Bonchev–Trinajstić information content (AvgIpc) is 2.99. The number of imidazole rings is 1. The number of halogens is 3. The van der Waals surface area contributed by atoms with Crippen LogP contribution in [0.4, 0.5) is 13.2 Å². The Bertz CT molecular complexity index is 686. The number of nitrogens with zero attached hydrogens (tertiary/aromatic N) is 3. The molecule has 130 valence electrons. The second-order valence-electron chi connectivity index (χ2n) is 5.89. The van der Waals surface area contributed by atoms with Gasteiger partial charge in [-0.05, 0) is 25.0 Å². The van der Waals surface area contributed by atoms with Crippen LogP contribution in [0.25, 0.3) is 0 Å². The molecule has 1 aliphatic rings. The highest BCUT2D eigenvalue weighted by Crippen LogP contribution is 2.31. The lowest BCUT2D eigenvalue weighted by atomic mass is 10.0. The Kier molecular flexibility index (Phi) is 4.86. The molecule has 0 bridgehead atoms. The molecule has 5 nitrogen and oxygen atoms in total. The minimum Gasteiger partial charge on any atom is -0.372 e. The van der Waals surface area contributed by atoms with E-state index in [9.17, 15) is 13.2 Å². The highest BCUT2D eigenvalue weighted by atomic mass is 19.4. The first-order valence-electron chi connectivity index (χ1n) is 7.77. The fraction of sp³-hybridized carbons (Fsp3) is 0.500. The SMILES string of the molecule is Cn1cncc1[C@H]1C[C@@H](NCc2ncccc2C(F)(F)F)CCO1. The topological polar surface area (TPSA) is 52.0 Å². The van der Waals surface area contributed by atoms with Crippen LogP contribution >= 0.6 is 0 Å². The molecular formula is C16H19F3N4O. The van der Waals surface area contributed by atoms with E-state index >= 15 is 0 Å². The summed E-state index contributed by atoms with van der Waals surface area (Å²) in [5.41, 5.74) is 0.302. The molecule has 0 spiro atoms. The van der Waals surface area contributed by atoms with Gasteiger partial charge in [-0.2, -0.15) is 13.2 Å². The summed E-state index contributed by atoms with van der Waals surface area (Å²) in [6.45, 7) is 0.639. The monoisotopic (exact) mass is 340 g/mol. The lowest BCUT2D eigenvalue weighted by molar-refractivity contribution is -0.138. The highest BCUT2D eigenvalue weighted by Gasteiger charge is 2.34. The predicted octanol–water partition coefficient (Wildman–Crippen LogP) is 2.84. The van der Waals surface area contributed by atoms with Crippen LogP contribution in [-0.4, -0.2) is 27.2 Å². The van der Waals surface area contributed by atoms with E-state index in [1.165, 1.54) is 12.3 Å². The van der Waals surface area contributed by atoms with E-state index in [0.717, 1.165) is 18.2 Å². The fourth-order valence-electron chi connectivity index (χ4n) is 2.94. The summed E-state index contributed by atoms with van der Waals surface area (Å²) in [6, 6.07) is 2.44. The summed E-state index contributed by atoms with van der Waals surface area (Å²) in [7, 11) is 1.90. The maximum Gasteiger partial charge on any atom is 0.418 e. The Morgan fingerprint density at radius 3 is 2.96 bits per heavy atom. The minimum absolute atomic E-state index is 0.0218. The summed E-state index contributed by atoms with van der Waals surface area (Å²) in [6.07, 6.45) is 1.80. The van der Waals surface area contributed by atoms with Crippen LogP contribution in [0.2, 0.25) is 0 Å². The van der Waals surface area contributed by atoms with Gasteiger partial charge in [0, 0.05) is 32.4 Å². The van der Waals surface area contributed by atoms with Gasteiger partial charge in [-0.25, -0.2) is 4.98 Å². The number of rotatable bonds is 4. The third-order valence-electron chi connectivity index (χ3n) is 4.22.